The number of rotatable bonds is 6. The number of anilines is 1. The topological polar surface area (TPSA) is 124 Å². The van der Waals surface area contributed by atoms with Gasteiger partial charge in [0.25, 0.3) is 15.9 Å². The fourth-order valence-electron chi connectivity index (χ4n) is 3.71. The lowest BCUT2D eigenvalue weighted by atomic mass is 10.1. The number of nitrogens with two attached hydrogens (primary N) is 1. The van der Waals surface area contributed by atoms with Crippen LogP contribution in [0.3, 0.4) is 0 Å². The summed E-state index contributed by atoms with van der Waals surface area (Å²) in [6.07, 6.45) is 0. The quantitative estimate of drug-likeness (QED) is 0.356. The minimum atomic E-state index is -4.30. The van der Waals surface area contributed by atoms with Crippen LogP contribution in [0.4, 0.5) is 5.82 Å². The SMILES string of the molecule is Cc1cc(C)c(Oc2nc(-c3ccc(Cl)cc3)ccc2C(=O)NS(=O)(=O)c2cccc(N)n2)c(C)c1. The number of nitrogen functional groups attached to an aromatic ring is 1. The van der Waals surface area contributed by atoms with Crippen LogP contribution in [-0.2, 0) is 10.0 Å². The first-order valence-electron chi connectivity index (χ1n) is 10.9. The average Bonchev–Trinajstić information content (AvgIpc) is 2.81. The van der Waals surface area contributed by atoms with Gasteiger partial charge in [-0.05, 0) is 68.3 Å². The maximum Gasteiger partial charge on any atom is 0.281 e. The normalized spacial score (nSPS) is 11.2. The summed E-state index contributed by atoms with van der Waals surface area (Å²) >= 11 is 6.01. The zero-order valence-electron chi connectivity index (χ0n) is 19.7. The van der Waals surface area contributed by atoms with Crippen molar-refractivity contribution in [1.29, 1.82) is 0 Å². The number of aromatic nitrogens is 2. The van der Waals surface area contributed by atoms with Crippen LogP contribution in [0.25, 0.3) is 11.3 Å². The van der Waals surface area contributed by atoms with Crippen molar-refractivity contribution in [3.63, 3.8) is 0 Å². The number of aryl methyl sites for hydroxylation is 3. The molecule has 4 rings (SSSR count). The Kier molecular flexibility index (Phi) is 6.96. The van der Waals surface area contributed by atoms with Gasteiger partial charge >= 0.3 is 0 Å². The van der Waals surface area contributed by atoms with Crippen LogP contribution < -0.4 is 15.2 Å². The van der Waals surface area contributed by atoms with Crippen molar-refractivity contribution < 1.29 is 17.9 Å². The zero-order chi connectivity index (χ0) is 26.0. The highest BCUT2D eigenvalue weighted by molar-refractivity contribution is 7.90. The first-order chi connectivity index (χ1) is 17.0. The average molecular weight is 523 g/mol. The molecule has 184 valence electrons. The first-order valence-corrected chi connectivity index (χ1v) is 12.7. The number of nitrogens with zero attached hydrogens (tertiary/aromatic N) is 2. The van der Waals surface area contributed by atoms with Gasteiger partial charge in [0.1, 0.15) is 17.1 Å². The third kappa shape index (κ3) is 5.48. The first kappa shape index (κ1) is 25.2. The van der Waals surface area contributed by atoms with Crippen molar-refractivity contribution >= 4 is 33.3 Å². The van der Waals surface area contributed by atoms with Crippen LogP contribution in [0, 0.1) is 20.8 Å². The molecule has 4 aromatic rings. The number of carbonyl (C=O) groups is 1. The third-order valence-electron chi connectivity index (χ3n) is 5.30. The van der Waals surface area contributed by atoms with Gasteiger partial charge in [0.05, 0.1) is 5.69 Å². The van der Waals surface area contributed by atoms with E-state index < -0.39 is 15.9 Å². The van der Waals surface area contributed by atoms with Crippen molar-refractivity contribution in [2.75, 3.05) is 5.73 Å². The lowest BCUT2D eigenvalue weighted by Gasteiger charge is -2.16. The lowest BCUT2D eigenvalue weighted by molar-refractivity contribution is 0.0978. The molecule has 0 fully saturated rings. The Balaban J connectivity index is 1.77. The van der Waals surface area contributed by atoms with Crippen LogP contribution >= 0.6 is 11.6 Å². The molecule has 36 heavy (non-hydrogen) atoms. The van der Waals surface area contributed by atoms with Crippen molar-refractivity contribution in [1.82, 2.24) is 14.7 Å². The molecular weight excluding hydrogens is 500 g/mol. The molecule has 0 saturated heterocycles. The second-order valence-corrected chi connectivity index (χ2v) is 10.3. The molecule has 10 heteroatoms. The summed E-state index contributed by atoms with van der Waals surface area (Å²) in [6, 6.07) is 18.1. The zero-order valence-corrected chi connectivity index (χ0v) is 21.3. The van der Waals surface area contributed by atoms with Gasteiger partial charge in [0.2, 0.25) is 5.88 Å². The Bertz CT molecular complexity index is 1550. The largest absolute Gasteiger partial charge is 0.438 e. The maximum atomic E-state index is 13.2. The minimum Gasteiger partial charge on any atom is -0.438 e. The van der Waals surface area contributed by atoms with E-state index in [1.165, 1.54) is 24.3 Å². The Labute approximate surface area is 214 Å². The summed E-state index contributed by atoms with van der Waals surface area (Å²) in [5, 5.41) is 0.187. The Morgan fingerprint density at radius 3 is 2.25 bits per heavy atom. The molecule has 0 spiro atoms. The van der Waals surface area contributed by atoms with Crippen LogP contribution in [0.15, 0.2) is 71.8 Å². The molecule has 0 unspecified atom stereocenters. The van der Waals surface area contributed by atoms with Gasteiger partial charge in [-0.1, -0.05) is 47.5 Å². The monoisotopic (exact) mass is 522 g/mol. The van der Waals surface area contributed by atoms with Crippen molar-refractivity contribution in [2.45, 2.75) is 25.8 Å². The smallest absolute Gasteiger partial charge is 0.281 e. The second kappa shape index (κ2) is 9.96. The number of pyridine rings is 2. The Morgan fingerprint density at radius 1 is 0.944 bits per heavy atom. The van der Waals surface area contributed by atoms with E-state index in [-0.39, 0.29) is 22.3 Å². The highest BCUT2D eigenvalue weighted by Gasteiger charge is 2.24. The summed E-state index contributed by atoms with van der Waals surface area (Å²) in [7, 11) is -4.30. The minimum absolute atomic E-state index is 0.00801. The molecule has 0 atom stereocenters. The van der Waals surface area contributed by atoms with Crippen molar-refractivity contribution in [3.05, 3.63) is 94.0 Å². The van der Waals surface area contributed by atoms with E-state index in [0.29, 0.717) is 16.5 Å². The van der Waals surface area contributed by atoms with Gasteiger partial charge in [-0.2, -0.15) is 8.42 Å². The molecule has 0 aliphatic carbocycles. The van der Waals surface area contributed by atoms with Gasteiger partial charge in [0, 0.05) is 10.6 Å². The predicted octanol–water partition coefficient (Wildman–Crippen LogP) is 5.22. The summed E-state index contributed by atoms with van der Waals surface area (Å²) < 4.78 is 33.7. The van der Waals surface area contributed by atoms with Crippen LogP contribution in [0.2, 0.25) is 5.02 Å². The number of nitrogens with one attached hydrogen (secondary N) is 1. The molecule has 1 amide bonds. The third-order valence-corrected chi connectivity index (χ3v) is 6.78. The van der Waals surface area contributed by atoms with E-state index in [1.807, 2.05) is 37.6 Å². The Morgan fingerprint density at radius 2 is 1.61 bits per heavy atom. The van der Waals surface area contributed by atoms with E-state index >= 15 is 0 Å². The second-order valence-electron chi connectivity index (χ2n) is 8.22. The van der Waals surface area contributed by atoms with E-state index in [1.54, 1.807) is 30.3 Å². The van der Waals surface area contributed by atoms with Crippen LogP contribution in [0.5, 0.6) is 11.6 Å². The van der Waals surface area contributed by atoms with Gasteiger partial charge < -0.3 is 10.5 Å². The van der Waals surface area contributed by atoms with Gasteiger partial charge in [-0.3, -0.25) is 4.79 Å². The van der Waals surface area contributed by atoms with E-state index in [0.717, 1.165) is 22.3 Å². The number of ether oxygens (including phenoxy) is 1. The van der Waals surface area contributed by atoms with Gasteiger partial charge in [-0.25, -0.2) is 14.7 Å². The number of benzene rings is 2. The van der Waals surface area contributed by atoms with E-state index in [9.17, 15) is 13.2 Å². The van der Waals surface area contributed by atoms with Crippen LogP contribution in [-0.4, -0.2) is 24.3 Å². The number of carbonyl (C=O) groups excluding carboxylic acids is 1. The highest BCUT2D eigenvalue weighted by Crippen LogP contribution is 2.33. The predicted molar refractivity (Wildman–Crippen MR) is 139 cm³/mol. The summed E-state index contributed by atoms with van der Waals surface area (Å²) in [5.41, 5.74) is 9.52. The van der Waals surface area contributed by atoms with Gasteiger partial charge in [-0.15, -0.1) is 0 Å². The highest BCUT2D eigenvalue weighted by atomic mass is 35.5. The summed E-state index contributed by atoms with van der Waals surface area (Å²) in [6.45, 7) is 5.74. The number of amides is 1. The fourth-order valence-corrected chi connectivity index (χ4v) is 4.77. The van der Waals surface area contributed by atoms with Gasteiger partial charge in [0.15, 0.2) is 5.03 Å². The Hall–Kier alpha value is -3.95. The molecule has 2 aromatic carbocycles. The molecule has 2 aromatic heterocycles. The maximum absolute atomic E-state index is 13.2. The molecule has 8 nitrogen and oxygen atoms in total. The number of sulfonamides is 1. The van der Waals surface area contributed by atoms with E-state index in [4.69, 9.17) is 22.1 Å². The van der Waals surface area contributed by atoms with E-state index in [2.05, 4.69) is 9.97 Å². The molecule has 0 radical (unpaired) electrons. The summed E-state index contributed by atoms with van der Waals surface area (Å²) in [4.78, 5) is 21.5. The number of hydrogen-bond donors (Lipinski definition) is 2. The number of hydrogen-bond acceptors (Lipinski definition) is 7. The standard InChI is InChI=1S/C26H23ClN4O4S/c1-15-13-16(2)24(17(3)14-15)35-26-20(11-12-21(29-26)18-7-9-19(27)10-8-18)25(32)31-36(33,34)23-6-4-5-22(28)30-23/h4-14H,1-3H3,(H2,28,30)(H,31,32). The molecule has 0 saturated carbocycles. The van der Waals surface area contributed by atoms with Crippen molar-refractivity contribution in [2.24, 2.45) is 0 Å². The molecule has 2 heterocycles. The molecule has 0 aliphatic heterocycles. The molecule has 0 bridgehead atoms. The summed E-state index contributed by atoms with van der Waals surface area (Å²) in [5.74, 6) is -0.443. The van der Waals surface area contributed by atoms with Crippen LogP contribution in [0.1, 0.15) is 27.0 Å². The fraction of sp³-hybridized carbons (Fsp3) is 0.115. The number of halogens is 1. The molecule has 3 N–H and O–H groups in total. The van der Waals surface area contributed by atoms with Crippen molar-refractivity contribution in [3.8, 4) is 22.9 Å². The lowest BCUT2D eigenvalue weighted by Crippen LogP contribution is -2.31. The molecular formula is C26H23ClN4O4S. The molecule has 0 aliphatic rings.